The number of halogens is 1. The lowest BCUT2D eigenvalue weighted by molar-refractivity contribution is 0.578. The van der Waals surface area contributed by atoms with Crippen molar-refractivity contribution in [3.05, 3.63) is 34.0 Å². The van der Waals surface area contributed by atoms with E-state index in [1.165, 1.54) is 5.56 Å². The molecule has 2 aromatic rings. The zero-order chi connectivity index (χ0) is 8.72. The van der Waals surface area contributed by atoms with Crippen LogP contribution in [0.25, 0.3) is 11.0 Å². The molecule has 0 aliphatic carbocycles. The first-order valence-corrected chi connectivity index (χ1v) is 4.62. The van der Waals surface area contributed by atoms with E-state index in [2.05, 4.69) is 28.9 Å². The zero-order valence-corrected chi connectivity index (χ0v) is 8.60. The number of rotatable bonds is 0. The van der Waals surface area contributed by atoms with E-state index in [-0.39, 0.29) is 0 Å². The van der Waals surface area contributed by atoms with Crippen molar-refractivity contribution in [1.82, 2.24) is 0 Å². The smallest absolute Gasteiger partial charge is 0.135 e. The van der Waals surface area contributed by atoms with Gasteiger partial charge in [0, 0.05) is 9.86 Å². The van der Waals surface area contributed by atoms with Gasteiger partial charge in [-0.2, -0.15) is 0 Å². The second-order valence-corrected chi connectivity index (χ2v) is 3.87. The Morgan fingerprint density at radius 1 is 1.17 bits per heavy atom. The van der Waals surface area contributed by atoms with Gasteiger partial charge in [-0.05, 0) is 37.6 Å². The fraction of sp³-hybridized carbons (Fsp3) is 0.200. The summed E-state index contributed by atoms with van der Waals surface area (Å²) in [5, 5.41) is 1.15. The second-order valence-electron chi connectivity index (χ2n) is 3.02. The molecule has 0 N–H and O–H groups in total. The molecule has 0 saturated heterocycles. The Balaban J connectivity index is 2.88. The van der Waals surface area contributed by atoms with E-state index in [0.29, 0.717) is 0 Å². The van der Waals surface area contributed by atoms with Crippen LogP contribution >= 0.6 is 15.9 Å². The van der Waals surface area contributed by atoms with Crippen molar-refractivity contribution in [3.63, 3.8) is 0 Å². The molecule has 0 bridgehead atoms. The Morgan fingerprint density at radius 3 is 2.67 bits per heavy atom. The van der Waals surface area contributed by atoms with Gasteiger partial charge in [-0.1, -0.05) is 15.9 Å². The Labute approximate surface area is 79.5 Å². The van der Waals surface area contributed by atoms with Crippen molar-refractivity contribution in [2.24, 2.45) is 0 Å². The molecule has 12 heavy (non-hydrogen) atoms. The molecule has 0 radical (unpaired) electrons. The number of hydrogen-bond acceptors (Lipinski definition) is 1. The van der Waals surface area contributed by atoms with Gasteiger partial charge in [-0.25, -0.2) is 0 Å². The standard InChI is InChI=1S/C10H9BrO/c1-6-3-9(11)8-5-7(2)12-10(8)4-6/h3-5H,1-2H3. The number of hydrogen-bond donors (Lipinski definition) is 0. The minimum Gasteiger partial charge on any atom is -0.461 e. The second kappa shape index (κ2) is 2.63. The molecule has 1 aromatic carbocycles. The fourth-order valence-corrected chi connectivity index (χ4v) is 2.02. The van der Waals surface area contributed by atoms with E-state index in [0.717, 1.165) is 21.2 Å². The number of fused-ring (bicyclic) bond motifs is 1. The number of benzene rings is 1. The molecule has 0 aliphatic heterocycles. The lowest BCUT2D eigenvalue weighted by atomic mass is 10.2. The van der Waals surface area contributed by atoms with Gasteiger partial charge in [0.05, 0.1) is 0 Å². The third kappa shape index (κ3) is 1.16. The molecule has 2 rings (SSSR count). The van der Waals surface area contributed by atoms with Crippen LogP contribution in [0.1, 0.15) is 11.3 Å². The van der Waals surface area contributed by atoms with Gasteiger partial charge in [0.1, 0.15) is 11.3 Å². The number of aryl methyl sites for hydroxylation is 2. The summed E-state index contributed by atoms with van der Waals surface area (Å²) in [4.78, 5) is 0. The Bertz CT molecular complexity index is 429. The van der Waals surface area contributed by atoms with Crippen LogP contribution < -0.4 is 0 Å². The van der Waals surface area contributed by atoms with Crippen molar-refractivity contribution >= 4 is 26.9 Å². The highest BCUT2D eigenvalue weighted by Crippen LogP contribution is 2.28. The average Bonchev–Trinajstić information content (AvgIpc) is 2.29. The van der Waals surface area contributed by atoms with Crippen LogP contribution in [0.5, 0.6) is 0 Å². The maximum Gasteiger partial charge on any atom is 0.135 e. The summed E-state index contributed by atoms with van der Waals surface area (Å²) < 4.78 is 6.61. The predicted molar refractivity (Wildman–Crippen MR) is 53.4 cm³/mol. The highest BCUT2D eigenvalue weighted by atomic mass is 79.9. The van der Waals surface area contributed by atoms with Gasteiger partial charge >= 0.3 is 0 Å². The molecule has 62 valence electrons. The van der Waals surface area contributed by atoms with Gasteiger partial charge in [-0.3, -0.25) is 0 Å². The SMILES string of the molecule is Cc1cc(Br)c2cc(C)oc2c1. The van der Waals surface area contributed by atoms with E-state index in [4.69, 9.17) is 4.42 Å². The van der Waals surface area contributed by atoms with Gasteiger partial charge in [0.25, 0.3) is 0 Å². The van der Waals surface area contributed by atoms with E-state index in [9.17, 15) is 0 Å². The summed E-state index contributed by atoms with van der Waals surface area (Å²) >= 11 is 3.50. The van der Waals surface area contributed by atoms with E-state index in [1.807, 2.05) is 19.1 Å². The molecule has 0 aliphatic rings. The van der Waals surface area contributed by atoms with Crippen molar-refractivity contribution in [3.8, 4) is 0 Å². The Hall–Kier alpha value is -0.760. The maximum atomic E-state index is 5.50. The highest BCUT2D eigenvalue weighted by molar-refractivity contribution is 9.10. The summed E-state index contributed by atoms with van der Waals surface area (Å²) in [6.45, 7) is 4.02. The monoisotopic (exact) mass is 224 g/mol. The van der Waals surface area contributed by atoms with Crippen LogP contribution in [-0.4, -0.2) is 0 Å². The third-order valence-electron chi connectivity index (χ3n) is 1.85. The first kappa shape index (κ1) is 7.87. The maximum absolute atomic E-state index is 5.50. The molecule has 0 saturated carbocycles. The first-order valence-electron chi connectivity index (χ1n) is 3.83. The van der Waals surface area contributed by atoms with Crippen LogP contribution in [0.15, 0.2) is 27.1 Å². The Morgan fingerprint density at radius 2 is 1.92 bits per heavy atom. The Kier molecular flexibility index (Phi) is 1.72. The molecule has 0 fully saturated rings. The quantitative estimate of drug-likeness (QED) is 0.664. The summed E-state index contributed by atoms with van der Waals surface area (Å²) in [6, 6.07) is 6.18. The summed E-state index contributed by atoms with van der Waals surface area (Å²) in [5.41, 5.74) is 2.17. The fourth-order valence-electron chi connectivity index (χ4n) is 1.35. The molecule has 0 unspecified atom stereocenters. The van der Waals surface area contributed by atoms with Crippen molar-refractivity contribution in [1.29, 1.82) is 0 Å². The first-order chi connectivity index (χ1) is 5.66. The largest absolute Gasteiger partial charge is 0.461 e. The minimum atomic E-state index is 0.955. The van der Waals surface area contributed by atoms with Gasteiger partial charge < -0.3 is 4.42 Å². The van der Waals surface area contributed by atoms with Gasteiger partial charge in [0.2, 0.25) is 0 Å². The zero-order valence-electron chi connectivity index (χ0n) is 7.02. The van der Waals surface area contributed by atoms with E-state index in [1.54, 1.807) is 0 Å². The van der Waals surface area contributed by atoms with Crippen LogP contribution in [0.2, 0.25) is 0 Å². The third-order valence-corrected chi connectivity index (χ3v) is 2.51. The molecule has 0 spiro atoms. The lowest BCUT2D eigenvalue weighted by Crippen LogP contribution is -1.72. The van der Waals surface area contributed by atoms with Gasteiger partial charge in [0.15, 0.2) is 0 Å². The lowest BCUT2D eigenvalue weighted by Gasteiger charge is -1.94. The minimum absolute atomic E-state index is 0.955. The predicted octanol–water partition coefficient (Wildman–Crippen LogP) is 3.81. The van der Waals surface area contributed by atoms with Crippen LogP contribution in [-0.2, 0) is 0 Å². The van der Waals surface area contributed by atoms with Crippen molar-refractivity contribution < 1.29 is 4.42 Å². The van der Waals surface area contributed by atoms with E-state index < -0.39 is 0 Å². The van der Waals surface area contributed by atoms with Crippen LogP contribution in [0, 0.1) is 13.8 Å². The molecular weight excluding hydrogens is 216 g/mol. The molecule has 0 atom stereocenters. The molecular formula is C10H9BrO. The van der Waals surface area contributed by atoms with E-state index >= 15 is 0 Å². The average molecular weight is 225 g/mol. The summed E-state index contributed by atoms with van der Waals surface area (Å²) in [7, 11) is 0. The normalized spacial score (nSPS) is 10.9. The molecule has 1 heterocycles. The van der Waals surface area contributed by atoms with Crippen molar-refractivity contribution in [2.75, 3.05) is 0 Å². The van der Waals surface area contributed by atoms with Crippen LogP contribution in [0.4, 0.5) is 0 Å². The van der Waals surface area contributed by atoms with Crippen molar-refractivity contribution in [2.45, 2.75) is 13.8 Å². The van der Waals surface area contributed by atoms with Crippen LogP contribution in [0.3, 0.4) is 0 Å². The molecule has 1 nitrogen and oxygen atoms in total. The topological polar surface area (TPSA) is 13.1 Å². The highest BCUT2D eigenvalue weighted by Gasteiger charge is 2.04. The number of furan rings is 1. The molecule has 2 heteroatoms. The summed E-state index contributed by atoms with van der Waals surface area (Å²) in [6.07, 6.45) is 0. The summed E-state index contributed by atoms with van der Waals surface area (Å²) in [5.74, 6) is 0.955. The molecule has 0 amide bonds. The van der Waals surface area contributed by atoms with Gasteiger partial charge in [-0.15, -0.1) is 0 Å². The molecule has 1 aromatic heterocycles.